The highest BCUT2D eigenvalue weighted by atomic mass is 15.1. The number of hydrogen-bond donors (Lipinski definition) is 1. The fourth-order valence-electron chi connectivity index (χ4n) is 2.55. The predicted octanol–water partition coefficient (Wildman–Crippen LogP) is 2.25. The van der Waals surface area contributed by atoms with E-state index in [0.717, 1.165) is 18.0 Å². The van der Waals surface area contributed by atoms with E-state index in [1.54, 1.807) is 0 Å². The SMILES string of the molecule is CCCCN(C)C1CCC1CNC1CC1. The zero-order valence-electron chi connectivity index (χ0n) is 10.3. The second kappa shape index (κ2) is 5.31. The summed E-state index contributed by atoms with van der Waals surface area (Å²) in [5.41, 5.74) is 0. The Labute approximate surface area is 94.4 Å². The summed E-state index contributed by atoms with van der Waals surface area (Å²) in [6, 6.07) is 1.76. The standard InChI is InChI=1S/C13H26N2/c1-3-4-9-15(2)13-8-5-11(13)10-14-12-6-7-12/h11-14H,3-10H2,1-2H3. The van der Waals surface area contributed by atoms with Crippen LogP contribution in [0, 0.1) is 5.92 Å². The van der Waals surface area contributed by atoms with Crippen molar-refractivity contribution >= 4 is 0 Å². The van der Waals surface area contributed by atoms with Gasteiger partial charge >= 0.3 is 0 Å². The molecule has 0 radical (unpaired) electrons. The van der Waals surface area contributed by atoms with Gasteiger partial charge in [-0.3, -0.25) is 0 Å². The van der Waals surface area contributed by atoms with Crippen LogP contribution in [-0.2, 0) is 0 Å². The first-order valence-corrected chi connectivity index (χ1v) is 6.75. The van der Waals surface area contributed by atoms with Gasteiger partial charge in [-0.15, -0.1) is 0 Å². The van der Waals surface area contributed by atoms with Crippen molar-refractivity contribution in [2.24, 2.45) is 5.92 Å². The van der Waals surface area contributed by atoms with Crippen LogP contribution in [0.25, 0.3) is 0 Å². The van der Waals surface area contributed by atoms with Crippen molar-refractivity contribution < 1.29 is 0 Å². The molecule has 0 aromatic carbocycles. The summed E-state index contributed by atoms with van der Waals surface area (Å²) in [6.45, 7) is 4.84. The van der Waals surface area contributed by atoms with Crippen LogP contribution in [-0.4, -0.2) is 37.1 Å². The van der Waals surface area contributed by atoms with E-state index in [4.69, 9.17) is 0 Å². The van der Waals surface area contributed by atoms with Gasteiger partial charge in [0.2, 0.25) is 0 Å². The molecule has 0 saturated heterocycles. The first-order chi connectivity index (χ1) is 7.31. The number of rotatable bonds is 7. The Morgan fingerprint density at radius 3 is 2.53 bits per heavy atom. The predicted molar refractivity (Wildman–Crippen MR) is 65.1 cm³/mol. The van der Waals surface area contributed by atoms with Crippen molar-refractivity contribution in [1.29, 1.82) is 0 Å². The molecule has 0 aromatic heterocycles. The van der Waals surface area contributed by atoms with Crippen LogP contribution < -0.4 is 5.32 Å². The lowest BCUT2D eigenvalue weighted by molar-refractivity contribution is 0.0825. The van der Waals surface area contributed by atoms with E-state index in [1.165, 1.54) is 51.6 Å². The van der Waals surface area contributed by atoms with Crippen molar-refractivity contribution in [2.45, 2.75) is 57.5 Å². The van der Waals surface area contributed by atoms with Crippen LogP contribution in [0.5, 0.6) is 0 Å². The van der Waals surface area contributed by atoms with E-state index in [2.05, 4.69) is 24.2 Å². The molecule has 0 aliphatic heterocycles. The monoisotopic (exact) mass is 210 g/mol. The van der Waals surface area contributed by atoms with Gasteiger partial charge in [-0.2, -0.15) is 0 Å². The summed E-state index contributed by atoms with van der Waals surface area (Å²) in [6.07, 6.45) is 8.39. The summed E-state index contributed by atoms with van der Waals surface area (Å²) >= 11 is 0. The van der Waals surface area contributed by atoms with Gasteiger partial charge in [0.05, 0.1) is 0 Å². The van der Waals surface area contributed by atoms with Gasteiger partial charge in [0.15, 0.2) is 0 Å². The van der Waals surface area contributed by atoms with E-state index in [1.807, 2.05) is 0 Å². The van der Waals surface area contributed by atoms with Crippen molar-refractivity contribution in [1.82, 2.24) is 10.2 Å². The minimum atomic E-state index is 0.878. The fraction of sp³-hybridized carbons (Fsp3) is 1.00. The molecule has 2 rings (SSSR count). The van der Waals surface area contributed by atoms with Crippen LogP contribution in [0.15, 0.2) is 0 Å². The molecular formula is C13H26N2. The van der Waals surface area contributed by atoms with Gasteiger partial charge in [-0.25, -0.2) is 0 Å². The Morgan fingerprint density at radius 2 is 2.00 bits per heavy atom. The van der Waals surface area contributed by atoms with E-state index >= 15 is 0 Å². The highest BCUT2D eigenvalue weighted by molar-refractivity contribution is 4.91. The third-order valence-corrected chi connectivity index (χ3v) is 4.05. The van der Waals surface area contributed by atoms with Gasteiger partial charge in [-0.1, -0.05) is 13.3 Å². The van der Waals surface area contributed by atoms with Crippen molar-refractivity contribution in [3.63, 3.8) is 0 Å². The van der Waals surface area contributed by atoms with Crippen LogP contribution >= 0.6 is 0 Å². The molecule has 0 amide bonds. The molecule has 2 fully saturated rings. The summed E-state index contributed by atoms with van der Waals surface area (Å²) in [5.74, 6) is 0.937. The Bertz CT molecular complexity index is 189. The maximum atomic E-state index is 3.67. The Balaban J connectivity index is 1.63. The molecule has 0 aromatic rings. The molecular weight excluding hydrogens is 184 g/mol. The molecule has 2 aliphatic rings. The van der Waals surface area contributed by atoms with Crippen LogP contribution in [0.1, 0.15) is 45.4 Å². The molecule has 0 heterocycles. The second-order valence-corrected chi connectivity index (χ2v) is 5.42. The summed E-state index contributed by atoms with van der Waals surface area (Å²) in [5, 5.41) is 3.67. The minimum absolute atomic E-state index is 0.878. The maximum absolute atomic E-state index is 3.67. The summed E-state index contributed by atoms with van der Waals surface area (Å²) in [4.78, 5) is 2.59. The quantitative estimate of drug-likeness (QED) is 0.693. The highest BCUT2D eigenvalue weighted by Crippen LogP contribution is 2.32. The zero-order chi connectivity index (χ0) is 10.7. The zero-order valence-corrected chi connectivity index (χ0v) is 10.3. The molecule has 2 unspecified atom stereocenters. The number of unbranched alkanes of at least 4 members (excludes halogenated alkanes) is 1. The van der Waals surface area contributed by atoms with Gasteiger partial charge in [0.25, 0.3) is 0 Å². The normalized spacial score (nSPS) is 30.6. The summed E-state index contributed by atoms with van der Waals surface area (Å²) in [7, 11) is 2.31. The first kappa shape index (κ1) is 11.4. The van der Waals surface area contributed by atoms with Crippen molar-refractivity contribution in [2.75, 3.05) is 20.1 Å². The fourth-order valence-corrected chi connectivity index (χ4v) is 2.55. The van der Waals surface area contributed by atoms with Crippen LogP contribution in [0.2, 0.25) is 0 Å². The van der Waals surface area contributed by atoms with E-state index in [9.17, 15) is 0 Å². The second-order valence-electron chi connectivity index (χ2n) is 5.42. The first-order valence-electron chi connectivity index (χ1n) is 6.75. The van der Waals surface area contributed by atoms with Gasteiger partial charge < -0.3 is 10.2 Å². The van der Waals surface area contributed by atoms with E-state index in [-0.39, 0.29) is 0 Å². The van der Waals surface area contributed by atoms with Crippen LogP contribution in [0.4, 0.5) is 0 Å². The lowest BCUT2D eigenvalue weighted by Crippen LogP contribution is -2.49. The van der Waals surface area contributed by atoms with Crippen molar-refractivity contribution in [3.05, 3.63) is 0 Å². The molecule has 15 heavy (non-hydrogen) atoms. The largest absolute Gasteiger partial charge is 0.314 e. The molecule has 88 valence electrons. The molecule has 0 bridgehead atoms. The molecule has 0 spiro atoms. The Morgan fingerprint density at radius 1 is 1.20 bits per heavy atom. The number of nitrogens with zero attached hydrogens (tertiary/aromatic N) is 1. The van der Waals surface area contributed by atoms with Gasteiger partial charge in [-0.05, 0) is 58.2 Å². The van der Waals surface area contributed by atoms with Gasteiger partial charge in [0.1, 0.15) is 0 Å². The molecule has 2 aliphatic carbocycles. The molecule has 2 heteroatoms. The van der Waals surface area contributed by atoms with Crippen LogP contribution in [0.3, 0.4) is 0 Å². The lowest BCUT2D eigenvalue weighted by Gasteiger charge is -2.43. The van der Waals surface area contributed by atoms with E-state index < -0.39 is 0 Å². The van der Waals surface area contributed by atoms with Crippen molar-refractivity contribution in [3.8, 4) is 0 Å². The minimum Gasteiger partial charge on any atom is -0.314 e. The molecule has 1 N–H and O–H groups in total. The third-order valence-electron chi connectivity index (χ3n) is 4.05. The average molecular weight is 210 g/mol. The average Bonchev–Trinajstić information content (AvgIpc) is 2.97. The lowest BCUT2D eigenvalue weighted by atomic mass is 9.78. The Kier molecular flexibility index (Phi) is 4.04. The maximum Gasteiger partial charge on any atom is 0.0133 e. The van der Waals surface area contributed by atoms with Gasteiger partial charge in [0, 0.05) is 12.1 Å². The van der Waals surface area contributed by atoms with E-state index in [0.29, 0.717) is 0 Å². The number of nitrogens with one attached hydrogen (secondary N) is 1. The summed E-state index contributed by atoms with van der Waals surface area (Å²) < 4.78 is 0. The highest BCUT2D eigenvalue weighted by Gasteiger charge is 2.34. The third kappa shape index (κ3) is 3.18. The molecule has 2 saturated carbocycles. The smallest absolute Gasteiger partial charge is 0.0133 e. The molecule has 2 atom stereocenters. The number of hydrogen-bond acceptors (Lipinski definition) is 2. The Hall–Kier alpha value is -0.0800. The topological polar surface area (TPSA) is 15.3 Å². The molecule has 2 nitrogen and oxygen atoms in total.